The quantitative estimate of drug-likeness (QED) is 0.468. The van der Waals surface area contributed by atoms with Crippen molar-refractivity contribution in [2.75, 3.05) is 6.54 Å². The molecule has 0 aliphatic heterocycles. The number of rotatable bonds is 5. The highest BCUT2D eigenvalue weighted by Crippen LogP contribution is 1.89. The molecule has 0 heterocycles. The van der Waals surface area contributed by atoms with Crippen LogP contribution in [0.4, 0.5) is 0 Å². The Labute approximate surface area is 69.4 Å². The fraction of sp³-hybridized carbons (Fsp3) is 0.429. The van der Waals surface area contributed by atoms with Crippen molar-refractivity contribution in [1.82, 2.24) is 5.32 Å². The van der Waals surface area contributed by atoms with Crippen LogP contribution in [0.3, 0.4) is 0 Å². The molecule has 0 aromatic heterocycles. The van der Waals surface area contributed by atoms with Crippen LogP contribution in [0.15, 0.2) is 0 Å². The number of aliphatic carboxylic acids is 2. The summed E-state index contributed by atoms with van der Waals surface area (Å²) in [4.78, 5) is 20.4. The van der Waals surface area contributed by atoms with Crippen molar-refractivity contribution in [3.8, 4) is 12.3 Å². The lowest BCUT2D eigenvalue weighted by Gasteiger charge is -2.08. The van der Waals surface area contributed by atoms with Crippen molar-refractivity contribution in [3.05, 3.63) is 0 Å². The highest BCUT2D eigenvalue weighted by molar-refractivity contribution is 5.75. The number of nitrogens with one attached hydrogen (secondary N) is 1. The van der Waals surface area contributed by atoms with Crippen LogP contribution in [0.25, 0.3) is 0 Å². The Hall–Kier alpha value is -1.54. The monoisotopic (exact) mass is 171 g/mol. The van der Waals surface area contributed by atoms with Gasteiger partial charge in [-0.1, -0.05) is 0 Å². The molecule has 5 heteroatoms. The molecule has 0 aliphatic carbocycles. The van der Waals surface area contributed by atoms with Gasteiger partial charge in [-0.05, 0) is 0 Å². The summed E-state index contributed by atoms with van der Waals surface area (Å²) in [6.07, 6.45) is 4.85. The van der Waals surface area contributed by atoms with Gasteiger partial charge in [0.25, 0.3) is 0 Å². The molecular formula is C7H9NO4. The van der Waals surface area contributed by atoms with Gasteiger partial charge in [-0.3, -0.25) is 14.9 Å². The van der Waals surface area contributed by atoms with Gasteiger partial charge in [0.1, 0.15) is 6.04 Å². The predicted molar refractivity (Wildman–Crippen MR) is 40.5 cm³/mol. The minimum absolute atomic E-state index is 0.0252. The molecule has 0 rings (SSSR count). The molecule has 0 aliphatic rings. The van der Waals surface area contributed by atoms with Gasteiger partial charge in [0.05, 0.1) is 6.54 Å². The van der Waals surface area contributed by atoms with E-state index in [9.17, 15) is 9.59 Å². The maximum atomic E-state index is 10.4. The van der Waals surface area contributed by atoms with Gasteiger partial charge < -0.3 is 10.2 Å². The van der Waals surface area contributed by atoms with Crippen LogP contribution >= 0.6 is 0 Å². The van der Waals surface area contributed by atoms with Gasteiger partial charge in [-0.2, -0.15) is 0 Å². The average molecular weight is 171 g/mol. The molecule has 0 saturated carbocycles. The smallest absolute Gasteiger partial charge is 0.321 e. The molecule has 0 amide bonds. The van der Waals surface area contributed by atoms with Crippen molar-refractivity contribution in [3.63, 3.8) is 0 Å². The molecule has 0 aromatic carbocycles. The zero-order chi connectivity index (χ0) is 9.56. The van der Waals surface area contributed by atoms with Crippen molar-refractivity contribution in [2.24, 2.45) is 0 Å². The number of hydrogen-bond donors (Lipinski definition) is 3. The van der Waals surface area contributed by atoms with E-state index in [0.29, 0.717) is 0 Å². The summed E-state index contributed by atoms with van der Waals surface area (Å²) < 4.78 is 0. The summed E-state index contributed by atoms with van der Waals surface area (Å²) in [5.41, 5.74) is 0. The van der Waals surface area contributed by atoms with Crippen LogP contribution in [0.1, 0.15) is 6.42 Å². The summed E-state index contributed by atoms with van der Waals surface area (Å²) in [6.45, 7) is -0.404. The zero-order valence-electron chi connectivity index (χ0n) is 6.28. The molecule has 5 nitrogen and oxygen atoms in total. The Bertz CT molecular complexity index is 218. The average Bonchev–Trinajstić information content (AvgIpc) is 1.96. The Kier molecular flexibility index (Phi) is 4.49. The third-order valence-corrected chi connectivity index (χ3v) is 1.12. The topological polar surface area (TPSA) is 86.6 Å². The molecule has 1 atom stereocenters. The summed E-state index contributed by atoms with van der Waals surface area (Å²) in [5, 5.41) is 18.9. The second-order valence-electron chi connectivity index (χ2n) is 2.07. The lowest BCUT2D eigenvalue weighted by atomic mass is 10.2. The van der Waals surface area contributed by atoms with E-state index in [4.69, 9.17) is 16.6 Å². The van der Waals surface area contributed by atoms with Crippen molar-refractivity contribution in [1.29, 1.82) is 0 Å². The largest absolute Gasteiger partial charge is 0.480 e. The van der Waals surface area contributed by atoms with Gasteiger partial charge in [-0.25, -0.2) is 0 Å². The predicted octanol–water partition coefficient (Wildman–Crippen LogP) is -0.863. The van der Waals surface area contributed by atoms with Crippen molar-refractivity contribution >= 4 is 11.9 Å². The zero-order valence-corrected chi connectivity index (χ0v) is 6.28. The molecular weight excluding hydrogens is 162 g/mol. The Morgan fingerprint density at radius 3 is 2.42 bits per heavy atom. The molecule has 3 N–H and O–H groups in total. The second-order valence-corrected chi connectivity index (χ2v) is 2.07. The second kappa shape index (κ2) is 5.16. The van der Waals surface area contributed by atoms with Gasteiger partial charge in [0.2, 0.25) is 0 Å². The van der Waals surface area contributed by atoms with E-state index < -0.39 is 24.5 Å². The standard InChI is InChI=1S/C7H9NO4/c1-2-3-5(7(11)12)8-4-6(9)10/h1,5,8H,3-4H2,(H,9,10)(H,11,12). The Balaban J connectivity index is 3.89. The first-order chi connectivity index (χ1) is 5.57. The number of carboxylic acid groups (broad SMARTS) is 2. The molecule has 0 bridgehead atoms. The van der Waals surface area contributed by atoms with Crippen LogP contribution in [-0.4, -0.2) is 34.7 Å². The van der Waals surface area contributed by atoms with Gasteiger partial charge >= 0.3 is 11.9 Å². The molecule has 0 fully saturated rings. The first-order valence-electron chi connectivity index (χ1n) is 3.19. The first-order valence-corrected chi connectivity index (χ1v) is 3.19. The van der Waals surface area contributed by atoms with Gasteiger partial charge in [0, 0.05) is 6.42 Å². The van der Waals surface area contributed by atoms with Crippen molar-refractivity contribution in [2.45, 2.75) is 12.5 Å². The molecule has 0 aromatic rings. The maximum absolute atomic E-state index is 10.4. The van der Waals surface area contributed by atoms with Crippen LogP contribution in [-0.2, 0) is 9.59 Å². The third kappa shape index (κ3) is 4.30. The maximum Gasteiger partial charge on any atom is 0.321 e. The Morgan fingerprint density at radius 1 is 1.50 bits per heavy atom. The van der Waals surface area contributed by atoms with E-state index in [0.717, 1.165) is 0 Å². The fourth-order valence-corrected chi connectivity index (χ4v) is 0.575. The summed E-state index contributed by atoms with van der Waals surface area (Å²) in [6, 6.07) is -0.980. The molecule has 12 heavy (non-hydrogen) atoms. The van der Waals surface area contributed by atoms with Gasteiger partial charge in [-0.15, -0.1) is 12.3 Å². The summed E-state index contributed by atoms with van der Waals surface area (Å²) in [5.74, 6) is -0.120. The molecule has 0 radical (unpaired) electrons. The number of terminal acetylenes is 1. The van der Waals surface area contributed by atoms with Crippen molar-refractivity contribution < 1.29 is 19.8 Å². The van der Waals surface area contributed by atoms with Crippen LogP contribution in [0, 0.1) is 12.3 Å². The third-order valence-electron chi connectivity index (χ3n) is 1.12. The highest BCUT2D eigenvalue weighted by atomic mass is 16.4. The lowest BCUT2D eigenvalue weighted by molar-refractivity contribution is -0.140. The molecule has 0 spiro atoms. The van der Waals surface area contributed by atoms with Crippen LogP contribution in [0.5, 0.6) is 0 Å². The van der Waals surface area contributed by atoms with E-state index in [1.807, 2.05) is 0 Å². The number of carboxylic acids is 2. The Morgan fingerprint density at radius 2 is 2.08 bits per heavy atom. The number of hydrogen-bond acceptors (Lipinski definition) is 3. The summed E-state index contributed by atoms with van der Waals surface area (Å²) in [7, 11) is 0. The molecule has 66 valence electrons. The minimum atomic E-state index is -1.14. The molecule has 1 unspecified atom stereocenters. The van der Waals surface area contributed by atoms with E-state index in [-0.39, 0.29) is 6.42 Å². The van der Waals surface area contributed by atoms with E-state index >= 15 is 0 Å². The highest BCUT2D eigenvalue weighted by Gasteiger charge is 2.15. The lowest BCUT2D eigenvalue weighted by Crippen LogP contribution is -2.39. The SMILES string of the molecule is C#CCC(NCC(=O)O)C(=O)O. The first kappa shape index (κ1) is 10.5. The normalized spacial score (nSPS) is 11.6. The van der Waals surface area contributed by atoms with E-state index in [1.165, 1.54) is 0 Å². The van der Waals surface area contributed by atoms with E-state index in [2.05, 4.69) is 11.2 Å². The van der Waals surface area contributed by atoms with Crippen LogP contribution < -0.4 is 5.32 Å². The fourth-order valence-electron chi connectivity index (χ4n) is 0.575. The van der Waals surface area contributed by atoms with E-state index in [1.54, 1.807) is 0 Å². The van der Waals surface area contributed by atoms with Gasteiger partial charge in [0.15, 0.2) is 0 Å². The number of carbonyl (C=O) groups is 2. The molecule has 0 saturated heterocycles. The summed E-state index contributed by atoms with van der Waals surface area (Å²) >= 11 is 0. The minimum Gasteiger partial charge on any atom is -0.480 e. The van der Waals surface area contributed by atoms with Crippen LogP contribution in [0.2, 0.25) is 0 Å².